The summed E-state index contributed by atoms with van der Waals surface area (Å²) >= 11 is 0. The van der Waals surface area contributed by atoms with Crippen LogP contribution in [0.3, 0.4) is 0 Å². The molecule has 0 saturated carbocycles. The van der Waals surface area contributed by atoms with Crippen molar-refractivity contribution in [2.75, 3.05) is 6.54 Å². The van der Waals surface area contributed by atoms with E-state index in [1.165, 1.54) is 19.3 Å². The van der Waals surface area contributed by atoms with Gasteiger partial charge in [0.25, 0.3) is 0 Å². The van der Waals surface area contributed by atoms with Crippen molar-refractivity contribution in [3.63, 3.8) is 0 Å². The maximum absolute atomic E-state index is 3.09. The minimum Gasteiger partial charge on any atom is -0.300 e. The first kappa shape index (κ1) is 9.39. The Balaban J connectivity index is 2.95. The highest BCUT2D eigenvalue weighted by molar-refractivity contribution is 7.13. The summed E-state index contributed by atoms with van der Waals surface area (Å²) in [6.45, 7) is 5.65. The van der Waals surface area contributed by atoms with Crippen LogP contribution in [0.2, 0.25) is 0 Å². The maximum Gasteiger partial charge on any atom is 0.00113 e. The van der Waals surface area contributed by atoms with E-state index in [0.29, 0.717) is 0 Å². The molecular weight excluding hydrogens is 129 g/mol. The third kappa shape index (κ3) is 6.27. The molecule has 0 radical (unpaired) electrons. The Kier molecular flexibility index (Phi) is 6.79. The van der Waals surface area contributed by atoms with E-state index < -0.39 is 0 Å². The SMILES string of the molecule is CCCCC(C)CNP. The second-order valence-electron chi connectivity index (χ2n) is 2.66. The second-order valence-corrected chi connectivity index (χ2v) is 3.06. The molecule has 0 bridgehead atoms. The highest BCUT2D eigenvalue weighted by Gasteiger charge is 1.97. The van der Waals surface area contributed by atoms with Crippen LogP contribution in [-0.2, 0) is 0 Å². The molecule has 0 rings (SSSR count). The second kappa shape index (κ2) is 6.51. The molecule has 0 fully saturated rings. The molecule has 9 heavy (non-hydrogen) atoms. The van der Waals surface area contributed by atoms with Crippen molar-refractivity contribution in [1.82, 2.24) is 5.09 Å². The van der Waals surface area contributed by atoms with E-state index in [9.17, 15) is 0 Å². The average molecular weight is 147 g/mol. The van der Waals surface area contributed by atoms with E-state index >= 15 is 0 Å². The molecular formula is C7H18NP. The summed E-state index contributed by atoms with van der Waals surface area (Å²) in [7, 11) is 2.54. The zero-order valence-corrected chi connectivity index (χ0v) is 7.64. The van der Waals surface area contributed by atoms with Crippen LogP contribution >= 0.6 is 9.39 Å². The lowest BCUT2D eigenvalue weighted by atomic mass is 10.1. The number of rotatable bonds is 5. The molecule has 2 heteroatoms. The maximum atomic E-state index is 3.09. The first-order valence-corrected chi connectivity index (χ1v) is 4.32. The first-order valence-electron chi connectivity index (χ1n) is 3.74. The zero-order chi connectivity index (χ0) is 7.11. The van der Waals surface area contributed by atoms with Gasteiger partial charge in [0, 0.05) is 6.54 Å². The van der Waals surface area contributed by atoms with E-state index in [2.05, 4.69) is 28.3 Å². The molecule has 0 aromatic carbocycles. The fourth-order valence-electron chi connectivity index (χ4n) is 0.856. The van der Waals surface area contributed by atoms with Crippen LogP contribution in [0.4, 0.5) is 0 Å². The predicted molar refractivity (Wildman–Crippen MR) is 46.4 cm³/mol. The molecule has 2 unspecified atom stereocenters. The lowest BCUT2D eigenvalue weighted by molar-refractivity contribution is 0.504. The van der Waals surface area contributed by atoms with E-state index in [0.717, 1.165) is 12.5 Å². The molecule has 0 aliphatic carbocycles. The molecule has 0 aromatic rings. The van der Waals surface area contributed by atoms with Crippen molar-refractivity contribution in [2.45, 2.75) is 33.1 Å². The highest BCUT2D eigenvalue weighted by Crippen LogP contribution is 2.05. The van der Waals surface area contributed by atoms with Gasteiger partial charge < -0.3 is 5.09 Å². The highest BCUT2D eigenvalue weighted by atomic mass is 31.0. The quantitative estimate of drug-likeness (QED) is 0.588. The average Bonchev–Trinajstić information content (AvgIpc) is 1.85. The van der Waals surface area contributed by atoms with Crippen LogP contribution < -0.4 is 5.09 Å². The summed E-state index contributed by atoms with van der Waals surface area (Å²) in [5.41, 5.74) is 0. The summed E-state index contributed by atoms with van der Waals surface area (Å²) in [5.74, 6) is 0.836. The molecule has 0 aromatic heterocycles. The van der Waals surface area contributed by atoms with Gasteiger partial charge in [-0.25, -0.2) is 0 Å². The van der Waals surface area contributed by atoms with Crippen LogP contribution in [0.5, 0.6) is 0 Å². The number of nitrogens with one attached hydrogen (secondary N) is 1. The lowest BCUT2D eigenvalue weighted by Gasteiger charge is -2.07. The molecule has 0 aliphatic heterocycles. The normalized spacial score (nSPS) is 13.7. The minimum atomic E-state index is 0.836. The minimum absolute atomic E-state index is 0.836. The smallest absolute Gasteiger partial charge is 0.00113 e. The Morgan fingerprint density at radius 3 is 2.67 bits per heavy atom. The van der Waals surface area contributed by atoms with Crippen LogP contribution in [0.25, 0.3) is 0 Å². The van der Waals surface area contributed by atoms with Gasteiger partial charge in [-0.05, 0) is 12.3 Å². The van der Waals surface area contributed by atoms with E-state index in [4.69, 9.17) is 0 Å². The first-order chi connectivity index (χ1) is 4.31. The number of hydrogen-bond donors (Lipinski definition) is 1. The third-order valence-electron chi connectivity index (χ3n) is 1.52. The van der Waals surface area contributed by atoms with Crippen LogP contribution in [0.15, 0.2) is 0 Å². The van der Waals surface area contributed by atoms with Gasteiger partial charge in [-0.1, -0.05) is 36.1 Å². The Morgan fingerprint density at radius 1 is 1.56 bits per heavy atom. The molecule has 2 atom stereocenters. The summed E-state index contributed by atoms with van der Waals surface area (Å²) in [4.78, 5) is 0. The van der Waals surface area contributed by atoms with Gasteiger partial charge in [-0.3, -0.25) is 0 Å². The summed E-state index contributed by atoms with van der Waals surface area (Å²) in [6.07, 6.45) is 4.05. The predicted octanol–water partition coefficient (Wildman–Crippen LogP) is 2.19. The monoisotopic (exact) mass is 147 g/mol. The van der Waals surface area contributed by atoms with Gasteiger partial charge in [-0.15, -0.1) is 0 Å². The lowest BCUT2D eigenvalue weighted by Crippen LogP contribution is -2.10. The molecule has 1 N–H and O–H groups in total. The molecule has 56 valence electrons. The molecule has 0 heterocycles. The largest absolute Gasteiger partial charge is 0.300 e. The molecule has 0 spiro atoms. The summed E-state index contributed by atoms with van der Waals surface area (Å²) < 4.78 is 0. The topological polar surface area (TPSA) is 12.0 Å². The molecule has 0 aliphatic rings. The third-order valence-corrected chi connectivity index (χ3v) is 1.75. The van der Waals surface area contributed by atoms with Gasteiger partial charge in [0.15, 0.2) is 0 Å². The van der Waals surface area contributed by atoms with Gasteiger partial charge >= 0.3 is 0 Å². The van der Waals surface area contributed by atoms with Crippen LogP contribution in [0, 0.1) is 5.92 Å². The van der Waals surface area contributed by atoms with Crippen molar-refractivity contribution in [1.29, 1.82) is 0 Å². The zero-order valence-electron chi connectivity index (χ0n) is 6.48. The van der Waals surface area contributed by atoms with Gasteiger partial charge in [0.05, 0.1) is 0 Å². The standard InChI is InChI=1S/C7H18NP/c1-3-4-5-7(2)6-8-9/h7-8H,3-6,9H2,1-2H3. The Hall–Kier alpha value is 0.390. The summed E-state index contributed by atoms with van der Waals surface area (Å²) in [5, 5.41) is 3.09. The van der Waals surface area contributed by atoms with E-state index in [-0.39, 0.29) is 0 Å². The summed E-state index contributed by atoms with van der Waals surface area (Å²) in [6, 6.07) is 0. The Morgan fingerprint density at radius 2 is 2.22 bits per heavy atom. The van der Waals surface area contributed by atoms with E-state index in [1.807, 2.05) is 0 Å². The Bertz CT molecular complexity index is 56.9. The van der Waals surface area contributed by atoms with Gasteiger partial charge in [0.2, 0.25) is 0 Å². The van der Waals surface area contributed by atoms with Crippen molar-refractivity contribution < 1.29 is 0 Å². The van der Waals surface area contributed by atoms with Crippen LogP contribution in [0.1, 0.15) is 33.1 Å². The van der Waals surface area contributed by atoms with E-state index in [1.54, 1.807) is 0 Å². The number of hydrogen-bond acceptors (Lipinski definition) is 1. The fraction of sp³-hybridized carbons (Fsp3) is 1.00. The van der Waals surface area contributed by atoms with Crippen molar-refractivity contribution >= 4 is 9.39 Å². The van der Waals surface area contributed by atoms with Crippen molar-refractivity contribution in [3.05, 3.63) is 0 Å². The van der Waals surface area contributed by atoms with Gasteiger partial charge in [0.1, 0.15) is 0 Å². The molecule has 0 saturated heterocycles. The fourth-order valence-corrected chi connectivity index (χ4v) is 1.26. The van der Waals surface area contributed by atoms with Crippen molar-refractivity contribution in [3.8, 4) is 0 Å². The van der Waals surface area contributed by atoms with Gasteiger partial charge in [-0.2, -0.15) is 0 Å². The Labute approximate surface area is 60.9 Å². The van der Waals surface area contributed by atoms with Crippen LogP contribution in [-0.4, -0.2) is 6.54 Å². The molecule has 0 amide bonds. The molecule has 1 nitrogen and oxygen atoms in total. The number of unbranched alkanes of at least 4 members (excludes halogenated alkanes) is 1. The van der Waals surface area contributed by atoms with Crippen molar-refractivity contribution in [2.24, 2.45) is 5.92 Å².